The van der Waals surface area contributed by atoms with Crippen LogP contribution in [-0.2, 0) is 4.74 Å². The van der Waals surface area contributed by atoms with Gasteiger partial charge >= 0.3 is 0 Å². The van der Waals surface area contributed by atoms with Crippen molar-refractivity contribution in [1.29, 1.82) is 0 Å². The molecule has 2 N–H and O–H groups in total. The van der Waals surface area contributed by atoms with E-state index in [1.807, 2.05) is 19.1 Å². The van der Waals surface area contributed by atoms with Gasteiger partial charge in [-0.3, -0.25) is 9.79 Å². The van der Waals surface area contributed by atoms with Crippen molar-refractivity contribution in [2.24, 2.45) is 22.7 Å². The predicted octanol–water partition coefficient (Wildman–Crippen LogP) is 8.95. The number of hydrogen-bond acceptors (Lipinski definition) is 6. The summed E-state index contributed by atoms with van der Waals surface area (Å²) in [6.07, 6.45) is 21.4. The van der Waals surface area contributed by atoms with Gasteiger partial charge in [0.1, 0.15) is 0 Å². The van der Waals surface area contributed by atoms with Gasteiger partial charge in [-0.05, 0) is 87.5 Å². The Morgan fingerprint density at radius 1 is 1.20 bits per heavy atom. The second-order valence-electron chi connectivity index (χ2n) is 12.0. The molecule has 1 aromatic carbocycles. The number of ether oxygens (including phenoxy) is 1. The fourth-order valence-electron chi connectivity index (χ4n) is 6.53. The van der Waals surface area contributed by atoms with Crippen LogP contribution in [0.4, 0.5) is 11.6 Å². The van der Waals surface area contributed by atoms with Crippen molar-refractivity contribution >= 4 is 51.8 Å². The Morgan fingerprint density at radius 2 is 1.98 bits per heavy atom. The molecule has 0 radical (unpaired) electrons. The molecule has 44 heavy (non-hydrogen) atoms. The Balaban J connectivity index is 1.14. The lowest BCUT2D eigenvalue weighted by Gasteiger charge is -2.29. The van der Waals surface area contributed by atoms with Crippen LogP contribution < -0.4 is 5.32 Å². The molecule has 0 spiro atoms. The number of carbonyl (C=O) groups is 1. The van der Waals surface area contributed by atoms with Gasteiger partial charge in [0.25, 0.3) is 0 Å². The number of hydrogen-bond donors (Lipinski definition) is 2. The Labute approximate surface area is 265 Å². The van der Waals surface area contributed by atoms with Gasteiger partial charge in [0.2, 0.25) is 5.95 Å². The van der Waals surface area contributed by atoms with Crippen molar-refractivity contribution in [3.8, 4) is 12.3 Å². The molecule has 3 aromatic rings. The first-order chi connectivity index (χ1) is 21.4. The molecule has 1 saturated heterocycles. The highest BCUT2D eigenvalue weighted by molar-refractivity contribution is 6.35. The predicted molar refractivity (Wildman–Crippen MR) is 181 cm³/mol. The fourth-order valence-corrected chi connectivity index (χ4v) is 6.81. The van der Waals surface area contributed by atoms with Crippen LogP contribution >= 0.6 is 11.6 Å². The number of ketones is 1. The van der Waals surface area contributed by atoms with Crippen molar-refractivity contribution < 1.29 is 9.53 Å². The molecule has 2 fully saturated rings. The van der Waals surface area contributed by atoms with Crippen molar-refractivity contribution in [3.05, 3.63) is 65.1 Å². The number of carbonyl (C=O) groups excluding carboxylic acids is 1. The number of fused-ring (bicyclic) bond motifs is 1. The zero-order valence-corrected chi connectivity index (χ0v) is 26.3. The third-order valence-corrected chi connectivity index (χ3v) is 9.29. The summed E-state index contributed by atoms with van der Waals surface area (Å²) >= 11 is 6.64. The number of allylic oxidation sites excluding steroid dienone is 2. The molecule has 1 aliphatic carbocycles. The fraction of sp³-hybridized carbons (Fsp3) is 0.444. The lowest BCUT2D eigenvalue weighted by molar-refractivity contribution is 0.0749. The van der Waals surface area contributed by atoms with Crippen LogP contribution in [0.3, 0.4) is 0 Å². The van der Waals surface area contributed by atoms with Crippen LogP contribution in [0.25, 0.3) is 16.6 Å². The molecule has 1 aliphatic heterocycles. The number of aliphatic imine (C=N–C) groups is 1. The van der Waals surface area contributed by atoms with Crippen LogP contribution in [0.2, 0.25) is 5.02 Å². The van der Waals surface area contributed by atoms with E-state index >= 15 is 0 Å². The summed E-state index contributed by atoms with van der Waals surface area (Å²) in [7, 11) is 0. The Morgan fingerprint density at radius 3 is 2.73 bits per heavy atom. The molecule has 2 aliphatic rings. The highest BCUT2D eigenvalue weighted by Crippen LogP contribution is 2.36. The Kier molecular flexibility index (Phi) is 11.0. The monoisotopic (exact) mass is 611 g/mol. The average Bonchev–Trinajstić information content (AvgIpc) is 3.47. The summed E-state index contributed by atoms with van der Waals surface area (Å²) in [5.41, 5.74) is 4.66. The van der Waals surface area contributed by atoms with Crippen molar-refractivity contribution in [2.75, 3.05) is 18.5 Å². The standard InChI is InChI=1S/C36H42ClN5O2/c1-4-7-31(38-5-2)32-14-17-39-36(42-32)40-29-21-28-22-33(41-35(28)30(37)23-29)34(43)20-26-12-10-25(11-13-26)9-6-8-24(3)27-15-18-44-19-16-27/h1,5,7,14,17,21-23,25-27,41H,3,6,8-13,15-16,18-20H2,2H3,(H,39,40,42). The Bertz CT molecular complexity index is 1570. The normalized spacial score (nSPS) is 19.7. The number of rotatable bonds is 12. The largest absolute Gasteiger partial charge is 0.381 e. The van der Waals surface area contributed by atoms with Crippen LogP contribution in [0.1, 0.15) is 87.3 Å². The summed E-state index contributed by atoms with van der Waals surface area (Å²) in [4.78, 5) is 29.7. The summed E-state index contributed by atoms with van der Waals surface area (Å²) in [6.45, 7) is 7.95. The van der Waals surface area contributed by atoms with Crippen LogP contribution in [0, 0.1) is 30.1 Å². The first-order valence-electron chi connectivity index (χ1n) is 15.8. The molecule has 8 heteroatoms. The second-order valence-corrected chi connectivity index (χ2v) is 12.4. The molecular formula is C36H42ClN5O2. The molecule has 0 bridgehead atoms. The van der Waals surface area contributed by atoms with Gasteiger partial charge in [0, 0.05) is 49.2 Å². The summed E-state index contributed by atoms with van der Waals surface area (Å²) < 4.78 is 5.49. The minimum atomic E-state index is 0.142. The summed E-state index contributed by atoms with van der Waals surface area (Å²) in [5, 5.41) is 4.59. The zero-order chi connectivity index (χ0) is 30.9. The Hall–Kier alpha value is -3.73. The number of terminal acetylenes is 1. The van der Waals surface area contributed by atoms with E-state index < -0.39 is 0 Å². The maximum absolute atomic E-state index is 13.3. The third-order valence-electron chi connectivity index (χ3n) is 8.99. The number of benzene rings is 1. The van der Waals surface area contributed by atoms with E-state index in [9.17, 15) is 4.79 Å². The topological polar surface area (TPSA) is 92.3 Å². The first kappa shape index (κ1) is 31.7. The summed E-state index contributed by atoms with van der Waals surface area (Å²) in [5.74, 6) is 4.88. The number of nitrogens with zero attached hydrogens (tertiary/aromatic N) is 3. The molecule has 2 aromatic heterocycles. The van der Waals surface area contributed by atoms with Crippen molar-refractivity contribution in [1.82, 2.24) is 15.0 Å². The molecule has 0 unspecified atom stereocenters. The molecule has 1 saturated carbocycles. The quantitative estimate of drug-likeness (QED) is 0.0923. The van der Waals surface area contributed by atoms with Gasteiger partial charge in [-0.2, -0.15) is 0 Å². The minimum absolute atomic E-state index is 0.142. The van der Waals surface area contributed by atoms with Crippen molar-refractivity contribution in [3.63, 3.8) is 0 Å². The highest BCUT2D eigenvalue weighted by Gasteiger charge is 2.25. The highest BCUT2D eigenvalue weighted by atomic mass is 35.5. The molecule has 7 nitrogen and oxygen atoms in total. The maximum Gasteiger partial charge on any atom is 0.227 e. The lowest BCUT2D eigenvalue weighted by atomic mass is 9.77. The number of Topliss-reactive ketones (excluding diaryl/α,β-unsaturated/α-hetero) is 1. The number of H-pyrrole nitrogens is 1. The van der Waals surface area contributed by atoms with Gasteiger partial charge in [0.05, 0.1) is 27.6 Å². The van der Waals surface area contributed by atoms with E-state index in [0.29, 0.717) is 52.0 Å². The molecule has 0 amide bonds. The number of halogens is 1. The van der Waals surface area contributed by atoms with Gasteiger partial charge < -0.3 is 15.0 Å². The van der Waals surface area contributed by atoms with Gasteiger partial charge in [-0.25, -0.2) is 9.97 Å². The van der Waals surface area contributed by atoms with E-state index in [1.54, 1.807) is 30.6 Å². The smallest absolute Gasteiger partial charge is 0.227 e. The van der Waals surface area contributed by atoms with Crippen LogP contribution in [0.5, 0.6) is 0 Å². The maximum atomic E-state index is 13.3. The van der Waals surface area contributed by atoms with Gasteiger partial charge in [-0.1, -0.05) is 48.9 Å². The summed E-state index contributed by atoms with van der Waals surface area (Å²) in [6, 6.07) is 7.38. The number of anilines is 2. The SMILES string of the molecule is C#CC=C(N=CC)c1ccnc(Nc2cc(Cl)c3[nH]c(C(=O)CC4CCC(CCCC(=C)C5CCOCC5)CC4)cc3c2)n1. The molecular weight excluding hydrogens is 570 g/mol. The van der Waals surface area contributed by atoms with E-state index in [-0.39, 0.29) is 5.78 Å². The molecule has 5 rings (SSSR count). The van der Waals surface area contributed by atoms with E-state index in [1.165, 1.54) is 31.3 Å². The zero-order valence-electron chi connectivity index (χ0n) is 25.6. The molecule has 0 atom stereocenters. The first-order valence-corrected chi connectivity index (χ1v) is 16.2. The second kappa shape index (κ2) is 15.3. The number of aromatic amines is 1. The molecule has 230 valence electrons. The number of nitrogens with one attached hydrogen (secondary N) is 2. The average molecular weight is 612 g/mol. The van der Waals surface area contributed by atoms with E-state index in [0.717, 1.165) is 62.1 Å². The van der Waals surface area contributed by atoms with Crippen LogP contribution in [-0.4, -0.2) is 40.2 Å². The lowest BCUT2D eigenvalue weighted by Crippen LogP contribution is -2.18. The minimum Gasteiger partial charge on any atom is -0.381 e. The van der Waals surface area contributed by atoms with Crippen LogP contribution in [0.15, 0.2) is 53.7 Å². The van der Waals surface area contributed by atoms with Gasteiger partial charge in [0.15, 0.2) is 5.78 Å². The van der Waals surface area contributed by atoms with Gasteiger partial charge in [-0.15, -0.1) is 6.42 Å². The number of aromatic nitrogens is 3. The third kappa shape index (κ3) is 8.25. The van der Waals surface area contributed by atoms with E-state index in [4.69, 9.17) is 22.8 Å². The van der Waals surface area contributed by atoms with Crippen molar-refractivity contribution in [2.45, 2.75) is 71.1 Å². The molecule has 3 heterocycles. The van der Waals surface area contributed by atoms with E-state index in [2.05, 4.69) is 37.8 Å².